The second-order valence-corrected chi connectivity index (χ2v) is 13.9. The Kier molecular flexibility index (Phi) is 6.16. The van der Waals surface area contributed by atoms with E-state index in [9.17, 15) is 15.0 Å². The van der Waals surface area contributed by atoms with Crippen LogP contribution in [0.4, 0.5) is 4.39 Å². The Morgan fingerprint density at radius 1 is 1.26 bits per heavy atom. The van der Waals surface area contributed by atoms with Crippen molar-refractivity contribution in [1.29, 1.82) is 0 Å². The summed E-state index contributed by atoms with van der Waals surface area (Å²) in [5.74, 6) is -2.11. The lowest BCUT2D eigenvalue weighted by atomic mass is 9.43. The van der Waals surface area contributed by atoms with Gasteiger partial charge in [0.2, 0.25) is 0 Å². The van der Waals surface area contributed by atoms with Crippen molar-refractivity contribution in [3.05, 3.63) is 23.0 Å². The van der Waals surface area contributed by atoms with Gasteiger partial charge in [-0.2, -0.15) is 5.10 Å². The quantitative estimate of drug-likeness (QED) is 0.415. The fourth-order valence-electron chi connectivity index (χ4n) is 9.36. The molecule has 1 aliphatic heterocycles. The van der Waals surface area contributed by atoms with E-state index in [-0.39, 0.29) is 12.3 Å². The van der Waals surface area contributed by atoms with Crippen LogP contribution in [-0.2, 0) is 27.2 Å². The van der Waals surface area contributed by atoms with E-state index in [1.807, 2.05) is 18.5 Å². The first kappa shape index (κ1) is 27.0. The number of alkyl halides is 1. The average molecular weight is 549 g/mol. The van der Waals surface area contributed by atoms with Crippen LogP contribution in [0.25, 0.3) is 6.08 Å². The minimum absolute atomic E-state index is 0.0797. The second-order valence-electron chi connectivity index (χ2n) is 13.3. The lowest BCUT2D eigenvalue weighted by Gasteiger charge is -2.63. The highest BCUT2D eigenvalue weighted by Gasteiger charge is 2.80. The molecular weight excluding hydrogens is 506 g/mol. The normalized spacial score (nSPS) is 44.5. The highest BCUT2D eigenvalue weighted by atomic mass is 31.0. The Morgan fingerprint density at radius 2 is 2.03 bits per heavy atom. The Labute approximate surface area is 226 Å². The number of halogens is 1. The molecule has 5 aliphatic rings. The average Bonchev–Trinajstić information content (AvgIpc) is 3.44. The summed E-state index contributed by atoms with van der Waals surface area (Å²) in [5.41, 5.74) is -2.01. The van der Waals surface area contributed by atoms with E-state index in [0.29, 0.717) is 19.3 Å². The summed E-state index contributed by atoms with van der Waals surface area (Å²) in [6.45, 7) is 7.64. The molecule has 0 aromatic carbocycles. The molecule has 0 spiro atoms. The van der Waals surface area contributed by atoms with Crippen LogP contribution in [0.5, 0.6) is 0 Å². The third kappa shape index (κ3) is 3.30. The van der Waals surface area contributed by atoms with Crippen molar-refractivity contribution < 1.29 is 28.9 Å². The molecule has 6 rings (SSSR count). The molecule has 9 atom stereocenters. The van der Waals surface area contributed by atoms with Crippen molar-refractivity contribution >= 4 is 21.1 Å². The topological polar surface area (TPSA) is 93.8 Å². The molecule has 1 saturated heterocycles. The third-order valence-electron chi connectivity index (χ3n) is 11.0. The van der Waals surface area contributed by atoms with Crippen LogP contribution in [0.3, 0.4) is 0 Å². The van der Waals surface area contributed by atoms with Crippen LogP contribution in [-0.4, -0.2) is 67.8 Å². The summed E-state index contributed by atoms with van der Waals surface area (Å²) in [4.78, 5) is 13.4. The number of aryl methyl sites for hydroxylation is 1. The standard InChI is InChI=1S/C29H42FN2O5P/c1-25(2)36-24-12-20-19-8-7-18-11-21-17(15-32(31-21)9-5-6-10-38)13-26(18,3)28(19,30)22(34)14-27(20,4)29(24,37-25)23(35)16-33/h11,15,19-20,22,24,33-34H,5-10,12-14,16,38H2,1-4H3/t19-,20-,22-,24+,26-,27-,28-,29+/m0/s1. The van der Waals surface area contributed by atoms with Crippen molar-refractivity contribution in [3.63, 3.8) is 0 Å². The minimum Gasteiger partial charge on any atom is -0.390 e. The molecule has 1 aromatic rings. The first-order chi connectivity index (χ1) is 17.9. The first-order valence-corrected chi connectivity index (χ1v) is 15.0. The molecule has 4 aliphatic carbocycles. The van der Waals surface area contributed by atoms with Gasteiger partial charge in [-0.25, -0.2) is 4.39 Å². The SMILES string of the molecule is CC1(C)O[C@@H]2C[C@H]3[C@@H]4CCC5=Cc6nn(CCCCP)cc6C[C@]5(C)[C@@]4(F)[C@@H](O)C[C@]3(C)[C@]2(C(=O)CO)O1. The highest BCUT2D eigenvalue weighted by Crippen LogP contribution is 2.72. The van der Waals surface area contributed by atoms with E-state index in [0.717, 1.165) is 48.8 Å². The molecular formula is C29H42FN2O5P. The maximum Gasteiger partial charge on any atom is 0.193 e. The molecule has 38 heavy (non-hydrogen) atoms. The number of fused-ring (bicyclic) bond motifs is 8. The molecule has 7 nitrogen and oxygen atoms in total. The van der Waals surface area contributed by atoms with Gasteiger partial charge < -0.3 is 19.7 Å². The van der Waals surface area contributed by atoms with E-state index < -0.39 is 58.4 Å². The number of nitrogens with zero attached hydrogens (tertiary/aromatic N) is 2. The van der Waals surface area contributed by atoms with E-state index in [2.05, 4.69) is 21.5 Å². The Bertz CT molecular complexity index is 1190. The van der Waals surface area contributed by atoms with Gasteiger partial charge in [0, 0.05) is 29.5 Å². The Morgan fingerprint density at radius 3 is 2.74 bits per heavy atom. The minimum atomic E-state index is -1.86. The summed E-state index contributed by atoms with van der Waals surface area (Å²) in [7, 11) is 2.76. The molecule has 0 amide bonds. The van der Waals surface area contributed by atoms with E-state index in [1.54, 1.807) is 13.8 Å². The molecule has 1 unspecified atom stereocenters. The lowest BCUT2D eigenvalue weighted by Crippen LogP contribution is -2.70. The zero-order chi connectivity index (χ0) is 27.3. The summed E-state index contributed by atoms with van der Waals surface area (Å²) in [6, 6.07) is 0. The van der Waals surface area contributed by atoms with Gasteiger partial charge in [-0.15, -0.1) is 9.24 Å². The first-order valence-electron chi connectivity index (χ1n) is 14.2. The molecule has 0 radical (unpaired) electrons. The van der Waals surface area contributed by atoms with Crippen molar-refractivity contribution in [2.75, 3.05) is 12.8 Å². The summed E-state index contributed by atoms with van der Waals surface area (Å²) < 4.78 is 32.5. The fraction of sp³-hybridized carbons (Fsp3) is 0.793. The number of Topliss-reactive ketones (excluding diaryl/α,β-unsaturated/α-hetero) is 1. The number of rotatable bonds is 6. The van der Waals surface area contributed by atoms with Crippen LogP contribution in [0.1, 0.15) is 77.5 Å². The van der Waals surface area contributed by atoms with Gasteiger partial charge in [-0.1, -0.05) is 19.4 Å². The van der Waals surface area contributed by atoms with Crippen LogP contribution in [0.2, 0.25) is 0 Å². The molecule has 2 N–H and O–H groups in total. The predicted octanol–water partition coefficient (Wildman–Crippen LogP) is 3.85. The summed E-state index contributed by atoms with van der Waals surface area (Å²) >= 11 is 0. The van der Waals surface area contributed by atoms with E-state index in [1.165, 1.54) is 0 Å². The maximum absolute atomic E-state index is 17.9. The Balaban J connectivity index is 1.37. The van der Waals surface area contributed by atoms with Gasteiger partial charge in [0.05, 0.1) is 17.9 Å². The van der Waals surface area contributed by atoms with Gasteiger partial charge in [0.25, 0.3) is 0 Å². The number of ether oxygens (including phenoxy) is 2. The van der Waals surface area contributed by atoms with Crippen molar-refractivity contribution in [2.45, 2.75) is 108 Å². The van der Waals surface area contributed by atoms with Crippen LogP contribution in [0.15, 0.2) is 11.8 Å². The number of carbonyl (C=O) groups excluding carboxylic acids is 1. The number of allylic oxidation sites excluding steroid dienone is 1. The number of unbranched alkanes of at least 4 members (excludes halogenated alkanes) is 1. The molecule has 3 saturated carbocycles. The zero-order valence-electron chi connectivity index (χ0n) is 23.0. The van der Waals surface area contributed by atoms with Gasteiger partial charge >= 0.3 is 0 Å². The lowest BCUT2D eigenvalue weighted by molar-refractivity contribution is -0.250. The highest BCUT2D eigenvalue weighted by molar-refractivity contribution is 7.16. The van der Waals surface area contributed by atoms with Crippen molar-refractivity contribution in [2.24, 2.45) is 22.7 Å². The van der Waals surface area contributed by atoms with Crippen molar-refractivity contribution in [3.8, 4) is 0 Å². The molecule has 9 heteroatoms. The predicted molar refractivity (Wildman–Crippen MR) is 144 cm³/mol. The van der Waals surface area contributed by atoms with E-state index in [4.69, 9.17) is 14.6 Å². The number of aliphatic hydroxyl groups excluding tert-OH is 2. The number of aliphatic hydroxyl groups is 2. The van der Waals surface area contributed by atoms with Gasteiger partial charge in [0.1, 0.15) is 12.3 Å². The smallest absolute Gasteiger partial charge is 0.193 e. The number of hydrogen-bond acceptors (Lipinski definition) is 6. The van der Waals surface area contributed by atoms with Crippen LogP contribution < -0.4 is 0 Å². The zero-order valence-corrected chi connectivity index (χ0v) is 24.2. The molecule has 4 fully saturated rings. The molecule has 0 bridgehead atoms. The van der Waals surface area contributed by atoms with Crippen molar-refractivity contribution in [1.82, 2.24) is 9.78 Å². The number of ketones is 1. The Hall–Kier alpha value is -1.18. The maximum atomic E-state index is 17.9. The monoisotopic (exact) mass is 548 g/mol. The fourth-order valence-corrected chi connectivity index (χ4v) is 9.65. The number of aromatic nitrogens is 2. The third-order valence-corrected chi connectivity index (χ3v) is 11.4. The van der Waals surface area contributed by atoms with Gasteiger partial charge in [0.15, 0.2) is 17.2 Å². The van der Waals surface area contributed by atoms with Gasteiger partial charge in [-0.05, 0) is 82.5 Å². The molecule has 210 valence electrons. The van der Waals surface area contributed by atoms with Gasteiger partial charge in [-0.3, -0.25) is 9.48 Å². The second kappa shape index (κ2) is 8.66. The molecule has 2 heterocycles. The van der Waals surface area contributed by atoms with Crippen LogP contribution in [0, 0.1) is 22.7 Å². The van der Waals surface area contributed by atoms with Crippen LogP contribution >= 0.6 is 9.24 Å². The summed E-state index contributed by atoms with van der Waals surface area (Å²) in [6.07, 6.45) is 7.84. The molecule has 1 aromatic heterocycles. The summed E-state index contributed by atoms with van der Waals surface area (Å²) in [5, 5.41) is 26.6. The largest absolute Gasteiger partial charge is 0.390 e. The number of carbonyl (C=O) groups is 1. The number of hydrogen-bond donors (Lipinski definition) is 2. The van der Waals surface area contributed by atoms with E-state index >= 15 is 4.39 Å².